The molecule has 1 heterocycles. The first kappa shape index (κ1) is 14.2. The van der Waals surface area contributed by atoms with Crippen LogP contribution in [0.5, 0.6) is 0 Å². The first-order valence-corrected chi connectivity index (χ1v) is 7.66. The lowest BCUT2D eigenvalue weighted by molar-refractivity contribution is 0.536. The standard InChI is InChI=1S/C18H19ClN2/c1-12(2)11-21-17-9-8-14(19)10-16(17)20-18(21)15-7-5-4-6-13(15)3/h4-10,12H,11H2,1-3H3. The molecule has 0 aliphatic rings. The molecule has 21 heavy (non-hydrogen) atoms. The van der Waals surface area contributed by atoms with Crippen LogP contribution < -0.4 is 0 Å². The van der Waals surface area contributed by atoms with Gasteiger partial charge in [-0.2, -0.15) is 0 Å². The third kappa shape index (κ3) is 2.68. The van der Waals surface area contributed by atoms with Crippen LogP contribution in [0.15, 0.2) is 42.5 Å². The number of nitrogens with zero attached hydrogens (tertiary/aromatic N) is 2. The molecule has 3 rings (SSSR count). The van der Waals surface area contributed by atoms with Crippen molar-refractivity contribution in [1.29, 1.82) is 0 Å². The first-order valence-electron chi connectivity index (χ1n) is 7.28. The number of hydrogen-bond donors (Lipinski definition) is 0. The lowest BCUT2D eigenvalue weighted by Gasteiger charge is -2.13. The van der Waals surface area contributed by atoms with Crippen LogP contribution in [-0.2, 0) is 6.54 Å². The molecule has 0 fully saturated rings. The van der Waals surface area contributed by atoms with Crippen LogP contribution in [0.3, 0.4) is 0 Å². The highest BCUT2D eigenvalue weighted by atomic mass is 35.5. The van der Waals surface area contributed by atoms with E-state index in [2.05, 4.69) is 55.7 Å². The van der Waals surface area contributed by atoms with Gasteiger partial charge in [-0.05, 0) is 36.6 Å². The number of rotatable bonds is 3. The maximum Gasteiger partial charge on any atom is 0.141 e. The molecule has 0 amide bonds. The third-order valence-electron chi connectivity index (χ3n) is 3.64. The van der Waals surface area contributed by atoms with Crippen molar-refractivity contribution in [3.05, 3.63) is 53.1 Å². The van der Waals surface area contributed by atoms with Crippen molar-refractivity contribution in [3.8, 4) is 11.4 Å². The van der Waals surface area contributed by atoms with E-state index in [1.54, 1.807) is 0 Å². The zero-order valence-corrected chi connectivity index (χ0v) is 13.4. The van der Waals surface area contributed by atoms with Gasteiger partial charge in [-0.15, -0.1) is 0 Å². The van der Waals surface area contributed by atoms with Gasteiger partial charge < -0.3 is 4.57 Å². The Kier molecular flexibility index (Phi) is 3.73. The Labute approximate surface area is 130 Å². The molecule has 0 aliphatic carbocycles. The summed E-state index contributed by atoms with van der Waals surface area (Å²) in [6.07, 6.45) is 0. The molecule has 0 spiro atoms. The molecule has 0 atom stereocenters. The zero-order valence-electron chi connectivity index (χ0n) is 12.6. The highest BCUT2D eigenvalue weighted by Gasteiger charge is 2.15. The molecular formula is C18H19ClN2. The van der Waals surface area contributed by atoms with Gasteiger partial charge in [0.15, 0.2) is 0 Å². The number of imidazole rings is 1. The molecule has 0 saturated heterocycles. The van der Waals surface area contributed by atoms with Gasteiger partial charge in [-0.3, -0.25) is 0 Å². The topological polar surface area (TPSA) is 17.8 Å². The summed E-state index contributed by atoms with van der Waals surface area (Å²) < 4.78 is 2.30. The van der Waals surface area contributed by atoms with Gasteiger partial charge in [0.1, 0.15) is 5.82 Å². The zero-order chi connectivity index (χ0) is 15.0. The summed E-state index contributed by atoms with van der Waals surface area (Å²) in [5.74, 6) is 1.58. The summed E-state index contributed by atoms with van der Waals surface area (Å²) in [7, 11) is 0. The van der Waals surface area contributed by atoms with Crippen LogP contribution in [0.4, 0.5) is 0 Å². The third-order valence-corrected chi connectivity index (χ3v) is 3.88. The molecule has 108 valence electrons. The second kappa shape index (κ2) is 5.53. The van der Waals surface area contributed by atoms with Crippen LogP contribution >= 0.6 is 11.6 Å². The number of benzene rings is 2. The second-order valence-corrected chi connectivity index (χ2v) is 6.32. The largest absolute Gasteiger partial charge is 0.324 e. The van der Waals surface area contributed by atoms with Crippen LogP contribution in [0.2, 0.25) is 5.02 Å². The molecule has 0 saturated carbocycles. The predicted octanol–water partition coefficient (Wildman–Crippen LogP) is 5.32. The van der Waals surface area contributed by atoms with Crippen molar-refractivity contribution in [2.45, 2.75) is 27.3 Å². The molecule has 0 aliphatic heterocycles. The summed E-state index contributed by atoms with van der Waals surface area (Å²) in [6.45, 7) is 7.52. The minimum Gasteiger partial charge on any atom is -0.324 e. The number of aryl methyl sites for hydroxylation is 1. The van der Waals surface area contributed by atoms with Gasteiger partial charge in [0.05, 0.1) is 11.0 Å². The van der Waals surface area contributed by atoms with Crippen LogP contribution in [-0.4, -0.2) is 9.55 Å². The molecule has 3 aromatic rings. The normalized spacial score (nSPS) is 11.5. The maximum atomic E-state index is 6.11. The number of aromatic nitrogens is 2. The van der Waals surface area contributed by atoms with E-state index in [0.29, 0.717) is 5.92 Å². The van der Waals surface area contributed by atoms with E-state index in [-0.39, 0.29) is 0 Å². The fourth-order valence-corrected chi connectivity index (χ4v) is 2.85. The van der Waals surface area contributed by atoms with Gasteiger partial charge in [0, 0.05) is 17.1 Å². The number of halogens is 1. The quantitative estimate of drug-likeness (QED) is 0.640. The Balaban J connectivity index is 2.28. The minimum absolute atomic E-state index is 0.556. The molecule has 3 heteroatoms. The Bertz CT molecular complexity index is 787. The molecule has 0 unspecified atom stereocenters. The summed E-state index contributed by atoms with van der Waals surface area (Å²) in [5, 5.41) is 0.730. The fourth-order valence-electron chi connectivity index (χ4n) is 2.68. The van der Waals surface area contributed by atoms with Gasteiger partial charge >= 0.3 is 0 Å². The average Bonchev–Trinajstić information content (AvgIpc) is 2.76. The first-order chi connectivity index (χ1) is 10.1. The monoisotopic (exact) mass is 298 g/mol. The lowest BCUT2D eigenvalue weighted by atomic mass is 10.1. The number of fused-ring (bicyclic) bond motifs is 1. The molecule has 2 aromatic carbocycles. The lowest BCUT2D eigenvalue weighted by Crippen LogP contribution is -2.06. The van der Waals surface area contributed by atoms with Crippen LogP contribution in [0.25, 0.3) is 22.4 Å². The summed E-state index contributed by atoms with van der Waals surface area (Å²) in [4.78, 5) is 4.84. The van der Waals surface area contributed by atoms with E-state index >= 15 is 0 Å². The van der Waals surface area contributed by atoms with Crippen molar-refractivity contribution in [2.75, 3.05) is 0 Å². The van der Waals surface area contributed by atoms with E-state index in [0.717, 1.165) is 28.4 Å². The average molecular weight is 299 g/mol. The number of hydrogen-bond acceptors (Lipinski definition) is 1. The highest BCUT2D eigenvalue weighted by molar-refractivity contribution is 6.31. The van der Waals surface area contributed by atoms with Gasteiger partial charge in [-0.1, -0.05) is 49.7 Å². The Hall–Kier alpha value is -1.80. The van der Waals surface area contributed by atoms with E-state index in [9.17, 15) is 0 Å². The molecule has 1 aromatic heterocycles. The van der Waals surface area contributed by atoms with Crippen molar-refractivity contribution in [3.63, 3.8) is 0 Å². The maximum absolute atomic E-state index is 6.11. The van der Waals surface area contributed by atoms with Crippen LogP contribution in [0, 0.1) is 12.8 Å². The highest BCUT2D eigenvalue weighted by Crippen LogP contribution is 2.29. The minimum atomic E-state index is 0.556. The Morgan fingerprint density at radius 1 is 1.14 bits per heavy atom. The summed E-state index contributed by atoms with van der Waals surface area (Å²) >= 11 is 6.11. The molecular weight excluding hydrogens is 280 g/mol. The van der Waals surface area contributed by atoms with E-state index in [1.807, 2.05) is 12.1 Å². The summed E-state index contributed by atoms with van der Waals surface area (Å²) in [5.41, 5.74) is 4.53. The van der Waals surface area contributed by atoms with Crippen LogP contribution in [0.1, 0.15) is 19.4 Å². The smallest absolute Gasteiger partial charge is 0.141 e. The van der Waals surface area contributed by atoms with Crippen molar-refractivity contribution in [2.24, 2.45) is 5.92 Å². The fraction of sp³-hybridized carbons (Fsp3) is 0.278. The van der Waals surface area contributed by atoms with Gasteiger partial charge in [0.25, 0.3) is 0 Å². The van der Waals surface area contributed by atoms with E-state index < -0.39 is 0 Å². The molecule has 0 radical (unpaired) electrons. The van der Waals surface area contributed by atoms with Crippen molar-refractivity contribution >= 4 is 22.6 Å². The second-order valence-electron chi connectivity index (χ2n) is 5.89. The molecule has 0 N–H and O–H groups in total. The van der Waals surface area contributed by atoms with E-state index in [1.165, 1.54) is 11.1 Å². The molecule has 2 nitrogen and oxygen atoms in total. The van der Waals surface area contributed by atoms with Crippen molar-refractivity contribution in [1.82, 2.24) is 9.55 Å². The van der Waals surface area contributed by atoms with Gasteiger partial charge in [-0.25, -0.2) is 4.98 Å². The Morgan fingerprint density at radius 3 is 2.62 bits per heavy atom. The SMILES string of the molecule is Cc1ccccc1-c1nc2cc(Cl)ccc2n1CC(C)C. The molecule has 0 bridgehead atoms. The predicted molar refractivity (Wildman–Crippen MR) is 89.8 cm³/mol. The van der Waals surface area contributed by atoms with Crippen molar-refractivity contribution < 1.29 is 0 Å². The van der Waals surface area contributed by atoms with Gasteiger partial charge in [0.2, 0.25) is 0 Å². The Morgan fingerprint density at radius 2 is 1.90 bits per heavy atom. The summed E-state index contributed by atoms with van der Waals surface area (Å²) in [6, 6.07) is 14.3. The van der Waals surface area contributed by atoms with E-state index in [4.69, 9.17) is 16.6 Å².